The molecule has 4 aliphatic carbocycles. The van der Waals surface area contributed by atoms with Crippen molar-refractivity contribution in [2.75, 3.05) is 0 Å². The predicted octanol–water partition coefficient (Wildman–Crippen LogP) is 11.9. The molecule has 6 aromatic carbocycles. The third kappa shape index (κ3) is 5.81. The number of hydrogen-bond donors (Lipinski definition) is 0. The third-order valence-electron chi connectivity index (χ3n) is 12.6. The highest BCUT2D eigenvalue weighted by atomic mass is 15.0. The first-order chi connectivity index (χ1) is 26.5. The molecule has 0 N–H and O–H groups in total. The Labute approximate surface area is 317 Å². The second-order valence-electron chi connectivity index (χ2n) is 16.0. The average molecular weight is 697 g/mol. The summed E-state index contributed by atoms with van der Waals surface area (Å²) < 4.78 is 0. The lowest BCUT2D eigenvalue weighted by atomic mass is 9.41. The van der Waals surface area contributed by atoms with E-state index in [1.165, 1.54) is 66.3 Å². The van der Waals surface area contributed by atoms with Crippen molar-refractivity contribution >= 4 is 0 Å². The minimum absolute atomic E-state index is 0.240. The molecule has 2 atom stereocenters. The summed E-state index contributed by atoms with van der Waals surface area (Å²) in [7, 11) is 0. The SMILES string of the molecule is N#Cc1ccc(-c2ccc(C34CC5CC(C3)CC(c3ccc(-c6ccc(-c7nc(-c8ccccc8)nc(-c8ccccc8)n7)cc6)cc3)(C5)C4)cc2)cc1. The lowest BCUT2D eigenvalue weighted by Gasteiger charge is -2.63. The second-order valence-corrected chi connectivity index (χ2v) is 16.0. The van der Waals surface area contributed by atoms with Gasteiger partial charge in [0.05, 0.1) is 11.6 Å². The van der Waals surface area contributed by atoms with Crippen LogP contribution >= 0.6 is 0 Å². The van der Waals surface area contributed by atoms with E-state index < -0.39 is 0 Å². The minimum atomic E-state index is 0.240. The maximum Gasteiger partial charge on any atom is 0.164 e. The van der Waals surface area contributed by atoms with Crippen molar-refractivity contribution in [3.8, 4) is 62.5 Å². The zero-order chi connectivity index (χ0) is 36.1. The van der Waals surface area contributed by atoms with Crippen LogP contribution in [0.2, 0.25) is 0 Å². The van der Waals surface area contributed by atoms with Gasteiger partial charge in [-0.2, -0.15) is 5.26 Å². The fourth-order valence-electron chi connectivity index (χ4n) is 10.5. The van der Waals surface area contributed by atoms with E-state index in [4.69, 9.17) is 15.0 Å². The molecular formula is C50H40N4. The van der Waals surface area contributed by atoms with Gasteiger partial charge in [-0.05, 0) is 107 Å². The summed E-state index contributed by atoms with van der Waals surface area (Å²) in [5.74, 6) is 3.59. The van der Waals surface area contributed by atoms with E-state index in [9.17, 15) is 5.26 Å². The molecule has 0 aliphatic heterocycles. The van der Waals surface area contributed by atoms with Gasteiger partial charge in [-0.3, -0.25) is 0 Å². The van der Waals surface area contributed by atoms with Gasteiger partial charge in [-0.25, -0.2) is 15.0 Å². The first-order valence-electron chi connectivity index (χ1n) is 19.2. The summed E-state index contributed by atoms with van der Waals surface area (Å²) in [6, 6.07) is 58.0. The Morgan fingerprint density at radius 1 is 0.407 bits per heavy atom. The quantitative estimate of drug-likeness (QED) is 0.166. The maximum atomic E-state index is 9.22. The molecule has 4 bridgehead atoms. The zero-order valence-electron chi connectivity index (χ0n) is 30.2. The lowest BCUT2D eigenvalue weighted by molar-refractivity contribution is -0.0281. The first-order valence-corrected chi connectivity index (χ1v) is 19.2. The van der Waals surface area contributed by atoms with Gasteiger partial charge in [0.15, 0.2) is 17.5 Å². The Kier molecular flexibility index (Phi) is 7.84. The average Bonchev–Trinajstić information content (AvgIpc) is 3.24. The first kappa shape index (κ1) is 32.5. The van der Waals surface area contributed by atoms with E-state index in [1.54, 1.807) is 0 Å². The molecule has 54 heavy (non-hydrogen) atoms. The normalized spacial score (nSPS) is 22.5. The summed E-state index contributed by atoms with van der Waals surface area (Å²) >= 11 is 0. The van der Waals surface area contributed by atoms with Crippen molar-refractivity contribution in [1.82, 2.24) is 15.0 Å². The lowest BCUT2D eigenvalue weighted by Crippen LogP contribution is -2.55. The molecule has 4 nitrogen and oxygen atoms in total. The molecule has 0 saturated heterocycles. The Balaban J connectivity index is 0.912. The summed E-state index contributed by atoms with van der Waals surface area (Å²) in [5, 5.41) is 9.22. The molecule has 11 rings (SSSR count). The van der Waals surface area contributed by atoms with Crippen LogP contribution in [0.3, 0.4) is 0 Å². The van der Waals surface area contributed by atoms with Gasteiger partial charge in [0.2, 0.25) is 0 Å². The highest BCUT2D eigenvalue weighted by Gasteiger charge is 2.58. The minimum Gasteiger partial charge on any atom is -0.208 e. The van der Waals surface area contributed by atoms with Crippen molar-refractivity contribution in [2.24, 2.45) is 11.8 Å². The van der Waals surface area contributed by atoms with Crippen LogP contribution < -0.4 is 0 Å². The van der Waals surface area contributed by atoms with Crippen molar-refractivity contribution < 1.29 is 0 Å². The van der Waals surface area contributed by atoms with E-state index >= 15 is 0 Å². The maximum absolute atomic E-state index is 9.22. The Bertz CT molecular complexity index is 2410. The van der Waals surface area contributed by atoms with Gasteiger partial charge in [-0.1, -0.05) is 146 Å². The Morgan fingerprint density at radius 3 is 1.13 bits per heavy atom. The number of hydrogen-bond acceptors (Lipinski definition) is 4. The zero-order valence-corrected chi connectivity index (χ0v) is 30.2. The van der Waals surface area contributed by atoms with Gasteiger partial charge >= 0.3 is 0 Å². The molecule has 0 spiro atoms. The van der Waals surface area contributed by atoms with Crippen LogP contribution in [0.4, 0.5) is 0 Å². The standard InChI is InChI=1S/C50H40N4/c51-32-34-11-13-37(14-12-34)39-19-23-44(24-20-39)49-28-35-27-36(29-49)31-50(30-35,33-49)45-25-21-40(22-26-45)38-15-17-43(18-16-38)48-53-46(41-7-3-1-4-8-41)52-47(54-48)42-9-5-2-6-10-42/h1-26,35-36H,27-31,33H2. The molecule has 4 aliphatic rings. The van der Waals surface area contributed by atoms with E-state index in [-0.39, 0.29) is 10.8 Å². The monoisotopic (exact) mass is 696 g/mol. The molecule has 1 aromatic heterocycles. The van der Waals surface area contributed by atoms with Crippen molar-refractivity contribution in [1.29, 1.82) is 5.26 Å². The van der Waals surface area contributed by atoms with E-state index in [2.05, 4.69) is 91.0 Å². The summed E-state index contributed by atoms with van der Waals surface area (Å²) in [6.45, 7) is 0. The highest BCUT2D eigenvalue weighted by molar-refractivity contribution is 5.71. The fourth-order valence-corrected chi connectivity index (χ4v) is 10.5. The highest BCUT2D eigenvalue weighted by Crippen LogP contribution is 2.66. The molecule has 4 fully saturated rings. The fraction of sp³-hybridized carbons (Fsp3) is 0.200. The topological polar surface area (TPSA) is 62.5 Å². The number of benzene rings is 6. The molecule has 1 heterocycles. The van der Waals surface area contributed by atoms with Crippen LogP contribution in [-0.2, 0) is 10.8 Å². The molecule has 7 aromatic rings. The van der Waals surface area contributed by atoms with E-state index in [0.29, 0.717) is 23.0 Å². The van der Waals surface area contributed by atoms with Gasteiger partial charge < -0.3 is 0 Å². The molecule has 4 heteroatoms. The van der Waals surface area contributed by atoms with Crippen molar-refractivity contribution in [3.63, 3.8) is 0 Å². The third-order valence-corrected chi connectivity index (χ3v) is 12.6. The Morgan fingerprint density at radius 2 is 0.741 bits per heavy atom. The largest absolute Gasteiger partial charge is 0.208 e. The molecule has 0 amide bonds. The van der Waals surface area contributed by atoms with Gasteiger partial charge in [0.1, 0.15) is 0 Å². The van der Waals surface area contributed by atoms with Crippen LogP contribution in [0, 0.1) is 23.2 Å². The van der Waals surface area contributed by atoms with Crippen LogP contribution in [0.25, 0.3) is 56.4 Å². The van der Waals surface area contributed by atoms with Crippen LogP contribution in [-0.4, -0.2) is 15.0 Å². The number of nitriles is 1. The summed E-state index contributed by atoms with van der Waals surface area (Å²) in [4.78, 5) is 14.7. The number of nitrogens with zero attached hydrogens (tertiary/aromatic N) is 4. The van der Waals surface area contributed by atoms with E-state index in [0.717, 1.165) is 34.1 Å². The predicted molar refractivity (Wildman–Crippen MR) is 216 cm³/mol. The Hall–Kier alpha value is -6.18. The van der Waals surface area contributed by atoms with Crippen molar-refractivity contribution in [3.05, 3.63) is 174 Å². The number of aromatic nitrogens is 3. The molecule has 260 valence electrons. The van der Waals surface area contributed by atoms with Gasteiger partial charge in [0.25, 0.3) is 0 Å². The van der Waals surface area contributed by atoms with Crippen molar-refractivity contribution in [2.45, 2.75) is 49.4 Å². The van der Waals surface area contributed by atoms with Gasteiger partial charge in [-0.15, -0.1) is 0 Å². The molecule has 4 saturated carbocycles. The van der Waals surface area contributed by atoms with Crippen LogP contribution in [0.15, 0.2) is 158 Å². The molecule has 0 radical (unpaired) electrons. The number of rotatable bonds is 7. The van der Waals surface area contributed by atoms with Crippen LogP contribution in [0.1, 0.15) is 55.2 Å². The molecule has 2 unspecified atom stereocenters. The summed E-state index contributed by atoms with van der Waals surface area (Å²) in [5.41, 5.74) is 11.9. The molecular weight excluding hydrogens is 657 g/mol. The van der Waals surface area contributed by atoms with E-state index in [1.807, 2.05) is 72.8 Å². The van der Waals surface area contributed by atoms with Crippen LogP contribution in [0.5, 0.6) is 0 Å². The second kappa shape index (κ2) is 13.0. The summed E-state index contributed by atoms with van der Waals surface area (Å²) in [6.07, 6.45) is 7.87. The smallest absolute Gasteiger partial charge is 0.164 e. The van der Waals surface area contributed by atoms with Gasteiger partial charge in [0, 0.05) is 16.7 Å².